The van der Waals surface area contributed by atoms with Crippen LogP contribution in [0.1, 0.15) is 25.0 Å². The van der Waals surface area contributed by atoms with Crippen molar-refractivity contribution in [2.24, 2.45) is 0 Å². The summed E-state index contributed by atoms with van der Waals surface area (Å²) in [5, 5.41) is 0.938. The number of rotatable bonds is 2. The highest BCUT2D eigenvalue weighted by Crippen LogP contribution is 2.51. The van der Waals surface area contributed by atoms with E-state index in [9.17, 15) is 0 Å². The summed E-state index contributed by atoms with van der Waals surface area (Å²) in [6, 6.07) is 26.0. The summed E-state index contributed by atoms with van der Waals surface area (Å²) in [6.45, 7) is 4.61. The van der Waals surface area contributed by atoms with Crippen molar-refractivity contribution in [1.82, 2.24) is 15.0 Å². The average molecular weight is 421 g/mol. The SMILES string of the molecule is CC1(C)c2ccccc2N(c2ccc(-c3nc4nccnc4s3)cc2)c2ccccc21. The van der Waals surface area contributed by atoms with Gasteiger partial charge in [-0.15, -0.1) is 0 Å². The molecule has 1 aliphatic rings. The van der Waals surface area contributed by atoms with Gasteiger partial charge in [-0.2, -0.15) is 0 Å². The average Bonchev–Trinajstić information content (AvgIpc) is 3.24. The predicted molar refractivity (Wildman–Crippen MR) is 127 cm³/mol. The Balaban J connectivity index is 1.47. The number of anilines is 3. The maximum Gasteiger partial charge on any atom is 0.190 e. The van der Waals surface area contributed by atoms with Crippen LogP contribution in [0.4, 0.5) is 17.1 Å². The van der Waals surface area contributed by atoms with Gasteiger partial charge in [0.25, 0.3) is 0 Å². The molecule has 0 spiro atoms. The maximum absolute atomic E-state index is 4.65. The van der Waals surface area contributed by atoms with E-state index in [0.29, 0.717) is 5.65 Å². The molecule has 0 N–H and O–H groups in total. The fourth-order valence-corrected chi connectivity index (χ4v) is 5.37. The van der Waals surface area contributed by atoms with Crippen LogP contribution in [0.25, 0.3) is 21.0 Å². The van der Waals surface area contributed by atoms with Gasteiger partial charge >= 0.3 is 0 Å². The molecule has 6 rings (SSSR count). The summed E-state index contributed by atoms with van der Waals surface area (Å²) in [5.41, 5.74) is 7.99. The smallest absolute Gasteiger partial charge is 0.190 e. The molecule has 31 heavy (non-hydrogen) atoms. The molecule has 5 heteroatoms. The first-order valence-electron chi connectivity index (χ1n) is 10.3. The van der Waals surface area contributed by atoms with E-state index in [4.69, 9.17) is 0 Å². The van der Waals surface area contributed by atoms with Crippen LogP contribution < -0.4 is 4.90 Å². The van der Waals surface area contributed by atoms with Crippen LogP contribution in [0.3, 0.4) is 0 Å². The van der Waals surface area contributed by atoms with E-state index in [-0.39, 0.29) is 5.41 Å². The monoisotopic (exact) mass is 420 g/mol. The summed E-state index contributed by atoms with van der Waals surface area (Å²) in [7, 11) is 0. The van der Waals surface area contributed by atoms with Gasteiger partial charge in [0, 0.05) is 29.1 Å². The van der Waals surface area contributed by atoms with Crippen LogP contribution in [0.15, 0.2) is 85.2 Å². The quantitative estimate of drug-likeness (QED) is 0.313. The van der Waals surface area contributed by atoms with Crippen molar-refractivity contribution in [3.05, 3.63) is 96.3 Å². The van der Waals surface area contributed by atoms with Crippen LogP contribution in [0, 0.1) is 0 Å². The largest absolute Gasteiger partial charge is 0.310 e. The van der Waals surface area contributed by atoms with Crippen LogP contribution in [-0.4, -0.2) is 15.0 Å². The minimum absolute atomic E-state index is 0.0510. The lowest BCUT2D eigenvalue weighted by Gasteiger charge is -2.42. The van der Waals surface area contributed by atoms with Gasteiger partial charge in [-0.3, -0.25) is 0 Å². The summed E-state index contributed by atoms with van der Waals surface area (Å²) in [4.78, 5) is 16.6. The Morgan fingerprint density at radius 2 is 1.35 bits per heavy atom. The van der Waals surface area contributed by atoms with Gasteiger partial charge in [0.2, 0.25) is 0 Å². The Bertz CT molecular complexity index is 1340. The van der Waals surface area contributed by atoms with Gasteiger partial charge in [-0.25, -0.2) is 15.0 Å². The minimum atomic E-state index is -0.0510. The Labute approximate surface area is 184 Å². The third kappa shape index (κ3) is 2.77. The molecule has 0 fully saturated rings. The van der Waals surface area contributed by atoms with E-state index in [1.54, 1.807) is 23.7 Å². The van der Waals surface area contributed by atoms with Gasteiger partial charge < -0.3 is 4.90 Å². The fraction of sp³-hybridized carbons (Fsp3) is 0.115. The number of benzene rings is 3. The van der Waals surface area contributed by atoms with E-state index < -0.39 is 0 Å². The summed E-state index contributed by atoms with van der Waals surface area (Å²) in [5.74, 6) is 0. The third-order valence-electron chi connectivity index (χ3n) is 6.06. The molecule has 150 valence electrons. The lowest BCUT2D eigenvalue weighted by molar-refractivity contribution is 0.632. The van der Waals surface area contributed by atoms with Gasteiger partial charge in [-0.1, -0.05) is 61.6 Å². The number of nitrogens with zero attached hydrogens (tertiary/aromatic N) is 4. The minimum Gasteiger partial charge on any atom is -0.310 e. The molecule has 1 aliphatic heterocycles. The zero-order valence-corrected chi connectivity index (χ0v) is 18.1. The van der Waals surface area contributed by atoms with Gasteiger partial charge in [0.15, 0.2) is 10.5 Å². The summed E-state index contributed by atoms with van der Waals surface area (Å²) < 4.78 is 0. The van der Waals surface area contributed by atoms with Crippen molar-refractivity contribution in [3.8, 4) is 10.6 Å². The molecule has 0 radical (unpaired) electrons. The summed E-state index contributed by atoms with van der Waals surface area (Å²) in [6.07, 6.45) is 3.39. The van der Waals surface area contributed by atoms with Crippen molar-refractivity contribution < 1.29 is 0 Å². The van der Waals surface area contributed by atoms with Gasteiger partial charge in [0.05, 0.1) is 11.4 Å². The van der Waals surface area contributed by atoms with Crippen molar-refractivity contribution in [1.29, 1.82) is 0 Å². The van der Waals surface area contributed by atoms with Crippen LogP contribution in [0.5, 0.6) is 0 Å². The normalized spacial score (nSPS) is 14.3. The predicted octanol–water partition coefficient (Wildman–Crippen LogP) is 6.86. The molecule has 0 atom stereocenters. The molecule has 4 nitrogen and oxygen atoms in total. The Hall–Kier alpha value is -3.57. The molecular formula is C26H20N4S. The molecule has 3 aromatic carbocycles. The summed E-state index contributed by atoms with van der Waals surface area (Å²) >= 11 is 1.57. The van der Waals surface area contributed by atoms with E-state index in [2.05, 4.69) is 106 Å². The highest BCUT2D eigenvalue weighted by atomic mass is 32.1. The standard InChI is InChI=1S/C26H20N4S/c1-26(2)19-7-3-5-9-21(19)30(22-10-6-4-8-20(22)26)18-13-11-17(12-14-18)24-29-23-25(31-24)28-16-15-27-23/h3-16H,1-2H3. The Morgan fingerprint density at radius 1 is 0.742 bits per heavy atom. The molecular weight excluding hydrogens is 400 g/mol. The Kier molecular flexibility index (Phi) is 3.95. The van der Waals surface area contributed by atoms with E-state index >= 15 is 0 Å². The van der Waals surface area contributed by atoms with Crippen LogP contribution >= 0.6 is 11.3 Å². The third-order valence-corrected chi connectivity index (χ3v) is 7.06. The number of aromatic nitrogens is 3. The second-order valence-corrected chi connectivity index (χ2v) is 9.22. The van der Waals surface area contributed by atoms with Crippen molar-refractivity contribution >= 4 is 38.9 Å². The topological polar surface area (TPSA) is 41.9 Å². The number of para-hydroxylation sites is 2. The van der Waals surface area contributed by atoms with Gasteiger partial charge in [0.1, 0.15) is 5.01 Å². The first-order valence-corrected chi connectivity index (χ1v) is 11.1. The molecule has 0 bridgehead atoms. The van der Waals surface area contributed by atoms with E-state index in [0.717, 1.165) is 21.1 Å². The molecule has 0 saturated carbocycles. The molecule has 3 heterocycles. The molecule has 0 saturated heterocycles. The second-order valence-electron chi connectivity index (χ2n) is 8.25. The molecule has 2 aromatic heterocycles. The number of thiazole rings is 1. The van der Waals surface area contributed by atoms with Crippen molar-refractivity contribution in [3.63, 3.8) is 0 Å². The highest BCUT2D eigenvalue weighted by molar-refractivity contribution is 7.21. The van der Waals surface area contributed by atoms with Crippen LogP contribution in [-0.2, 0) is 5.41 Å². The number of hydrogen-bond donors (Lipinski definition) is 0. The van der Waals surface area contributed by atoms with E-state index in [1.165, 1.54) is 22.5 Å². The highest BCUT2D eigenvalue weighted by Gasteiger charge is 2.36. The number of fused-ring (bicyclic) bond motifs is 3. The number of hydrogen-bond acceptors (Lipinski definition) is 5. The second kappa shape index (κ2) is 6.72. The first kappa shape index (κ1) is 18.2. The van der Waals surface area contributed by atoms with Crippen LogP contribution in [0.2, 0.25) is 0 Å². The molecule has 0 amide bonds. The maximum atomic E-state index is 4.65. The van der Waals surface area contributed by atoms with E-state index in [1.807, 2.05) is 0 Å². The van der Waals surface area contributed by atoms with Crippen molar-refractivity contribution in [2.45, 2.75) is 19.3 Å². The first-order chi connectivity index (χ1) is 15.1. The lowest BCUT2D eigenvalue weighted by Crippen LogP contribution is -2.30. The molecule has 0 unspecified atom stereocenters. The zero-order valence-electron chi connectivity index (χ0n) is 17.3. The van der Waals surface area contributed by atoms with Crippen molar-refractivity contribution in [2.75, 3.05) is 4.90 Å². The lowest BCUT2D eigenvalue weighted by atomic mass is 9.73. The fourth-order valence-electron chi connectivity index (χ4n) is 4.50. The zero-order chi connectivity index (χ0) is 21.0. The molecule has 5 aromatic rings. The van der Waals surface area contributed by atoms with Gasteiger partial charge in [-0.05, 0) is 47.5 Å². The Morgan fingerprint density at radius 3 is 2.00 bits per heavy atom. The molecule has 0 aliphatic carbocycles.